The maximum absolute atomic E-state index is 11.5. The van der Waals surface area contributed by atoms with Gasteiger partial charge in [0.15, 0.2) is 0 Å². The van der Waals surface area contributed by atoms with Gasteiger partial charge in [-0.15, -0.1) is 0 Å². The van der Waals surface area contributed by atoms with Crippen LogP contribution in [0.15, 0.2) is 59.3 Å². The Morgan fingerprint density at radius 3 is 2.68 bits per heavy atom. The van der Waals surface area contributed by atoms with Crippen molar-refractivity contribution in [1.82, 2.24) is 0 Å². The lowest BCUT2D eigenvalue weighted by molar-refractivity contribution is -0.145. The molecule has 1 heterocycles. The smallest absolute Gasteiger partial charge is 0.309 e. The van der Waals surface area contributed by atoms with Gasteiger partial charge in [-0.25, -0.2) is 0 Å². The molecule has 0 aliphatic heterocycles. The minimum atomic E-state index is -0.971. The van der Waals surface area contributed by atoms with Crippen molar-refractivity contribution in [1.29, 1.82) is 0 Å². The summed E-state index contributed by atoms with van der Waals surface area (Å²) in [7, 11) is 0. The van der Waals surface area contributed by atoms with E-state index in [-0.39, 0.29) is 11.8 Å². The Kier molecular flexibility index (Phi) is 9.78. The molecular formula is C27H32O3S. The molecule has 0 saturated heterocycles. The minimum Gasteiger partial charge on any atom is -0.481 e. The van der Waals surface area contributed by atoms with Crippen LogP contribution in [0.1, 0.15) is 52.0 Å². The molecule has 1 aromatic heterocycles. The number of aliphatic hydroxyl groups excluding tert-OH is 1. The fourth-order valence-corrected chi connectivity index (χ4v) is 3.74. The molecule has 0 aliphatic rings. The average Bonchev–Trinajstić information content (AvgIpc) is 3.24. The van der Waals surface area contributed by atoms with Gasteiger partial charge in [0.1, 0.15) is 0 Å². The van der Waals surface area contributed by atoms with Gasteiger partial charge >= 0.3 is 5.97 Å². The van der Waals surface area contributed by atoms with Crippen LogP contribution in [0.3, 0.4) is 0 Å². The Balaban J connectivity index is 1.80. The highest BCUT2D eigenvalue weighted by atomic mass is 32.1. The molecule has 164 valence electrons. The van der Waals surface area contributed by atoms with Gasteiger partial charge in [0, 0.05) is 5.41 Å². The number of unbranched alkanes of at least 4 members (excludes halogenated alkanes) is 1. The first-order chi connectivity index (χ1) is 14.8. The number of benzene rings is 1. The van der Waals surface area contributed by atoms with E-state index in [0.717, 1.165) is 18.4 Å². The van der Waals surface area contributed by atoms with Gasteiger partial charge in [0.2, 0.25) is 0 Å². The number of thiophene rings is 1. The molecule has 0 aliphatic carbocycles. The van der Waals surface area contributed by atoms with Crippen molar-refractivity contribution < 1.29 is 15.0 Å². The molecule has 0 amide bonds. The van der Waals surface area contributed by atoms with Crippen LogP contribution in [0.4, 0.5) is 0 Å². The summed E-state index contributed by atoms with van der Waals surface area (Å²) in [6.45, 7) is 6.06. The third-order valence-corrected chi connectivity index (χ3v) is 5.43. The molecule has 0 spiro atoms. The first-order valence-electron chi connectivity index (χ1n) is 10.6. The Labute approximate surface area is 190 Å². The first-order valence-corrected chi connectivity index (χ1v) is 11.6. The summed E-state index contributed by atoms with van der Waals surface area (Å²) in [4.78, 5) is 11.5. The molecule has 2 N–H and O–H groups in total. The maximum atomic E-state index is 11.5. The van der Waals surface area contributed by atoms with Gasteiger partial charge in [0.05, 0.1) is 12.0 Å². The Bertz CT molecular complexity index is 937. The molecule has 2 rings (SSSR count). The monoisotopic (exact) mass is 436 g/mol. The number of allylic oxidation sites excluding steroid dienone is 3. The molecule has 4 heteroatoms. The Hall–Kier alpha value is -2.61. The summed E-state index contributed by atoms with van der Waals surface area (Å²) in [5.41, 5.74) is 3.47. The zero-order valence-corrected chi connectivity index (χ0v) is 19.4. The van der Waals surface area contributed by atoms with Crippen molar-refractivity contribution in [3.63, 3.8) is 0 Å². The van der Waals surface area contributed by atoms with Crippen LogP contribution in [0.25, 0.3) is 17.2 Å². The van der Waals surface area contributed by atoms with Gasteiger partial charge in [-0.2, -0.15) is 11.3 Å². The second-order valence-corrected chi connectivity index (χ2v) is 9.42. The standard InChI is InChI=1S/C27H32O3S/c1-27(2,3)17-9-5-7-14-24(26(29)30)25(28)15-8-4-6-11-21-12-10-13-22(19-21)23-16-18-31-20-23/h5-7,10-13,16,18-20,24-25,28H,4,8,14-15H2,1-3H3,(H,29,30)/b7-5+,11-6+. The zero-order valence-electron chi connectivity index (χ0n) is 18.5. The number of carboxylic acid groups (broad SMARTS) is 1. The molecule has 0 fully saturated rings. The lowest BCUT2D eigenvalue weighted by Crippen LogP contribution is -2.27. The number of aliphatic carboxylic acids is 1. The number of aliphatic hydroxyl groups is 1. The summed E-state index contributed by atoms with van der Waals surface area (Å²) in [5, 5.41) is 24.0. The van der Waals surface area contributed by atoms with E-state index in [2.05, 4.69) is 59.0 Å². The van der Waals surface area contributed by atoms with E-state index >= 15 is 0 Å². The van der Waals surface area contributed by atoms with Gasteiger partial charge < -0.3 is 10.2 Å². The highest BCUT2D eigenvalue weighted by Crippen LogP contribution is 2.23. The highest BCUT2D eigenvalue weighted by Gasteiger charge is 2.24. The van der Waals surface area contributed by atoms with Gasteiger partial charge in [-0.05, 0) is 92.1 Å². The number of hydrogen-bond donors (Lipinski definition) is 2. The topological polar surface area (TPSA) is 57.5 Å². The van der Waals surface area contributed by atoms with E-state index in [9.17, 15) is 15.0 Å². The number of hydrogen-bond acceptors (Lipinski definition) is 3. The Morgan fingerprint density at radius 2 is 2.00 bits per heavy atom. The third-order valence-electron chi connectivity index (χ3n) is 4.74. The van der Waals surface area contributed by atoms with Crippen molar-refractivity contribution in [3.05, 3.63) is 64.9 Å². The largest absolute Gasteiger partial charge is 0.481 e. The summed E-state index contributed by atoms with van der Waals surface area (Å²) in [6, 6.07) is 10.5. The predicted octanol–water partition coefficient (Wildman–Crippen LogP) is 6.66. The van der Waals surface area contributed by atoms with Gasteiger partial charge in [0.25, 0.3) is 0 Å². The Morgan fingerprint density at radius 1 is 1.19 bits per heavy atom. The van der Waals surface area contributed by atoms with E-state index in [1.807, 2.05) is 26.8 Å². The van der Waals surface area contributed by atoms with E-state index < -0.39 is 18.0 Å². The summed E-state index contributed by atoms with van der Waals surface area (Å²) < 4.78 is 0. The van der Waals surface area contributed by atoms with Crippen LogP contribution in [-0.2, 0) is 4.79 Å². The fourth-order valence-electron chi connectivity index (χ4n) is 3.07. The summed E-state index contributed by atoms with van der Waals surface area (Å²) in [5.74, 6) is 4.23. The van der Waals surface area contributed by atoms with Crippen molar-refractivity contribution in [2.24, 2.45) is 11.3 Å². The quantitative estimate of drug-likeness (QED) is 0.323. The normalized spacial score (nSPS) is 13.8. The van der Waals surface area contributed by atoms with Crippen molar-refractivity contribution in [3.8, 4) is 23.0 Å². The van der Waals surface area contributed by atoms with E-state index in [0.29, 0.717) is 6.42 Å². The van der Waals surface area contributed by atoms with Crippen LogP contribution in [0.2, 0.25) is 0 Å². The van der Waals surface area contributed by atoms with Crippen molar-refractivity contribution in [2.75, 3.05) is 0 Å². The summed E-state index contributed by atoms with van der Waals surface area (Å²) in [6.07, 6.45) is 8.97. The molecule has 31 heavy (non-hydrogen) atoms. The van der Waals surface area contributed by atoms with E-state index in [4.69, 9.17) is 0 Å². The SMILES string of the molecule is CC(C)(C)C#C/C=C/CC(C(=O)O)C(O)CCC/C=C/c1cccc(-c2ccsc2)c1. The van der Waals surface area contributed by atoms with E-state index in [1.54, 1.807) is 23.5 Å². The van der Waals surface area contributed by atoms with Gasteiger partial charge in [-0.1, -0.05) is 48.3 Å². The van der Waals surface area contributed by atoms with Crippen LogP contribution in [-0.4, -0.2) is 22.3 Å². The van der Waals surface area contributed by atoms with Crippen molar-refractivity contribution in [2.45, 2.75) is 52.6 Å². The predicted molar refractivity (Wildman–Crippen MR) is 131 cm³/mol. The molecular weight excluding hydrogens is 404 g/mol. The van der Waals surface area contributed by atoms with E-state index in [1.165, 1.54) is 11.1 Å². The summed E-state index contributed by atoms with van der Waals surface area (Å²) >= 11 is 1.69. The van der Waals surface area contributed by atoms with Gasteiger partial charge in [-0.3, -0.25) is 4.79 Å². The minimum absolute atomic E-state index is 0.0885. The van der Waals surface area contributed by atoms with Crippen molar-refractivity contribution >= 4 is 23.4 Å². The second-order valence-electron chi connectivity index (χ2n) is 8.64. The molecule has 0 bridgehead atoms. The molecule has 2 aromatic rings. The molecule has 1 aromatic carbocycles. The lowest BCUT2D eigenvalue weighted by atomic mass is 9.94. The lowest BCUT2D eigenvalue weighted by Gasteiger charge is -2.17. The van der Waals surface area contributed by atoms with Crippen LogP contribution < -0.4 is 0 Å². The first kappa shape index (κ1) is 24.7. The number of rotatable bonds is 10. The fraction of sp³-hybridized carbons (Fsp3) is 0.370. The highest BCUT2D eigenvalue weighted by molar-refractivity contribution is 7.08. The average molecular weight is 437 g/mol. The molecule has 2 atom stereocenters. The van der Waals surface area contributed by atoms with Crippen LogP contribution in [0.5, 0.6) is 0 Å². The van der Waals surface area contributed by atoms with Crippen LogP contribution in [0, 0.1) is 23.2 Å². The molecule has 3 nitrogen and oxygen atoms in total. The zero-order chi connectivity index (χ0) is 22.7. The number of carboxylic acids is 1. The molecule has 0 radical (unpaired) electrons. The number of carbonyl (C=O) groups is 1. The maximum Gasteiger partial charge on any atom is 0.309 e. The molecule has 0 saturated carbocycles. The second kappa shape index (κ2) is 12.3. The van der Waals surface area contributed by atoms with Crippen LogP contribution >= 0.6 is 11.3 Å². The molecule has 2 unspecified atom stereocenters. The third kappa shape index (κ3) is 9.38.